The number of nitrogens with zero attached hydrogens (tertiary/aromatic N) is 3. The molecule has 7 nitrogen and oxygen atoms in total. The van der Waals surface area contributed by atoms with E-state index in [-0.39, 0.29) is 12.3 Å². The predicted octanol–water partition coefficient (Wildman–Crippen LogP) is 3.91. The third kappa shape index (κ3) is 4.77. The number of nitrogens with one attached hydrogen (secondary N) is 2. The Morgan fingerprint density at radius 1 is 1.16 bits per heavy atom. The molecule has 3 aromatic rings. The Morgan fingerprint density at radius 2 is 1.88 bits per heavy atom. The number of nitrogen functional groups attached to an aromatic ring is 1. The zero-order chi connectivity index (χ0) is 22.7. The van der Waals surface area contributed by atoms with Gasteiger partial charge >= 0.3 is 0 Å². The van der Waals surface area contributed by atoms with E-state index in [4.69, 9.17) is 39.1 Å². The summed E-state index contributed by atoms with van der Waals surface area (Å²) in [5, 5.41) is 12.6. The molecule has 166 valence electrons. The van der Waals surface area contributed by atoms with Gasteiger partial charge in [0, 0.05) is 67.1 Å². The van der Waals surface area contributed by atoms with E-state index in [2.05, 4.69) is 15.3 Å². The number of anilines is 2. The molecular formula is C22H21Cl2FN6O. The molecule has 0 unspecified atom stereocenters. The Hall–Kier alpha value is -2.94. The zero-order valence-electron chi connectivity index (χ0n) is 17.0. The molecule has 4 rings (SSSR count). The van der Waals surface area contributed by atoms with Crippen molar-refractivity contribution in [2.45, 2.75) is 6.61 Å². The second-order valence-corrected chi connectivity index (χ2v) is 8.08. The first-order chi connectivity index (χ1) is 15.4. The first kappa shape index (κ1) is 22.3. The lowest BCUT2D eigenvalue weighted by atomic mass is 10.0. The maximum atomic E-state index is 14.8. The highest BCUT2D eigenvalue weighted by atomic mass is 35.5. The van der Waals surface area contributed by atoms with Crippen molar-refractivity contribution in [3.63, 3.8) is 0 Å². The number of nitrogens with two attached hydrogens (primary N) is 1. The van der Waals surface area contributed by atoms with Gasteiger partial charge in [-0.3, -0.25) is 10.4 Å². The lowest BCUT2D eigenvalue weighted by Gasteiger charge is -2.28. The topological polar surface area (TPSA) is 100 Å². The molecule has 1 aliphatic heterocycles. The van der Waals surface area contributed by atoms with Crippen LogP contribution in [0.2, 0.25) is 10.0 Å². The van der Waals surface area contributed by atoms with Gasteiger partial charge in [-0.05, 0) is 24.3 Å². The lowest BCUT2D eigenvalue weighted by molar-refractivity contribution is 0.306. The minimum atomic E-state index is -0.470. The predicted molar refractivity (Wildman–Crippen MR) is 125 cm³/mol. The number of benzene rings is 1. The summed E-state index contributed by atoms with van der Waals surface area (Å²) in [6.07, 6.45) is 4.47. The van der Waals surface area contributed by atoms with Gasteiger partial charge in [-0.25, -0.2) is 9.37 Å². The van der Waals surface area contributed by atoms with Crippen LogP contribution < -0.4 is 20.7 Å². The van der Waals surface area contributed by atoms with E-state index >= 15 is 0 Å². The van der Waals surface area contributed by atoms with Crippen LogP contribution in [-0.4, -0.2) is 41.9 Å². The summed E-state index contributed by atoms with van der Waals surface area (Å²) in [6.45, 7) is 3.03. The van der Waals surface area contributed by atoms with Crippen molar-refractivity contribution >= 4 is 40.4 Å². The highest BCUT2D eigenvalue weighted by Crippen LogP contribution is 2.28. The number of rotatable bonds is 6. The van der Waals surface area contributed by atoms with E-state index < -0.39 is 5.82 Å². The molecule has 0 amide bonds. The van der Waals surface area contributed by atoms with E-state index in [0.717, 1.165) is 13.1 Å². The molecule has 1 aliphatic rings. The van der Waals surface area contributed by atoms with Gasteiger partial charge in [0.25, 0.3) is 0 Å². The van der Waals surface area contributed by atoms with Crippen molar-refractivity contribution in [1.82, 2.24) is 15.3 Å². The number of ether oxygens (including phenoxy) is 1. The van der Waals surface area contributed by atoms with E-state index in [1.807, 2.05) is 4.90 Å². The third-order valence-corrected chi connectivity index (χ3v) is 5.81. The zero-order valence-corrected chi connectivity index (χ0v) is 18.5. The van der Waals surface area contributed by atoms with Crippen molar-refractivity contribution in [1.29, 1.82) is 5.41 Å². The molecule has 0 aliphatic carbocycles. The van der Waals surface area contributed by atoms with Gasteiger partial charge in [0.05, 0.1) is 15.8 Å². The number of pyridine rings is 2. The summed E-state index contributed by atoms with van der Waals surface area (Å²) in [6, 6.07) is 6.26. The van der Waals surface area contributed by atoms with Crippen molar-refractivity contribution in [3.8, 4) is 5.75 Å². The molecule has 32 heavy (non-hydrogen) atoms. The number of halogens is 3. The largest absolute Gasteiger partial charge is 0.489 e. The SMILES string of the molecule is N=C(c1cnc(N2CCNCC2)c(F)c1)c1cc(OCc2c(Cl)cncc2Cl)ccc1N. The van der Waals surface area contributed by atoms with Gasteiger partial charge < -0.3 is 20.7 Å². The number of hydrogen-bond acceptors (Lipinski definition) is 7. The second-order valence-electron chi connectivity index (χ2n) is 7.26. The summed E-state index contributed by atoms with van der Waals surface area (Å²) in [5.74, 6) is 0.287. The molecule has 0 saturated carbocycles. The second kappa shape index (κ2) is 9.68. The van der Waals surface area contributed by atoms with Crippen LogP contribution in [0, 0.1) is 11.2 Å². The van der Waals surface area contributed by atoms with Gasteiger partial charge in [0.1, 0.15) is 12.4 Å². The van der Waals surface area contributed by atoms with Crippen LogP contribution in [0.3, 0.4) is 0 Å². The summed E-state index contributed by atoms with van der Waals surface area (Å²) < 4.78 is 20.6. The van der Waals surface area contributed by atoms with Crippen LogP contribution in [-0.2, 0) is 6.61 Å². The van der Waals surface area contributed by atoms with Crippen molar-refractivity contribution < 1.29 is 9.13 Å². The average Bonchev–Trinajstić information content (AvgIpc) is 2.80. The number of aromatic nitrogens is 2. The number of piperazine rings is 1. The molecule has 0 bridgehead atoms. The fraction of sp³-hybridized carbons (Fsp3) is 0.227. The first-order valence-corrected chi connectivity index (χ1v) is 10.7. The molecule has 0 radical (unpaired) electrons. The van der Waals surface area contributed by atoms with Crippen LogP contribution in [0.4, 0.5) is 15.9 Å². The standard InChI is InChI=1S/C22H21Cl2FN6O/c23-17-10-29-11-18(24)16(17)12-32-14-1-2-20(26)15(8-14)21(27)13-7-19(25)22(30-9-13)31-5-3-28-4-6-31/h1-2,7-11,27-28H,3-6,12,26H2. The molecule has 0 atom stereocenters. The van der Waals surface area contributed by atoms with Crippen LogP contribution in [0.1, 0.15) is 16.7 Å². The fourth-order valence-electron chi connectivity index (χ4n) is 3.41. The smallest absolute Gasteiger partial charge is 0.166 e. The van der Waals surface area contributed by atoms with E-state index in [1.54, 1.807) is 18.2 Å². The quantitative estimate of drug-likeness (QED) is 0.369. The molecule has 10 heteroatoms. The maximum absolute atomic E-state index is 14.8. The Kier molecular flexibility index (Phi) is 6.74. The lowest BCUT2D eigenvalue weighted by Crippen LogP contribution is -2.44. The Bertz CT molecular complexity index is 1130. The molecule has 1 aromatic carbocycles. The normalized spacial score (nSPS) is 13.8. The van der Waals surface area contributed by atoms with Crippen molar-refractivity contribution in [2.75, 3.05) is 36.8 Å². The van der Waals surface area contributed by atoms with Gasteiger partial charge in [-0.15, -0.1) is 0 Å². The number of hydrogen-bond donors (Lipinski definition) is 3. The van der Waals surface area contributed by atoms with E-state index in [1.165, 1.54) is 24.7 Å². The molecule has 1 saturated heterocycles. The summed E-state index contributed by atoms with van der Waals surface area (Å²) in [4.78, 5) is 10.1. The Balaban J connectivity index is 1.54. The molecule has 0 spiro atoms. The summed E-state index contributed by atoms with van der Waals surface area (Å²) in [7, 11) is 0. The molecular weight excluding hydrogens is 454 g/mol. The van der Waals surface area contributed by atoms with Crippen LogP contribution in [0.15, 0.2) is 42.9 Å². The minimum absolute atomic E-state index is 0.0474. The average molecular weight is 475 g/mol. The van der Waals surface area contributed by atoms with Gasteiger partial charge in [-0.1, -0.05) is 23.2 Å². The van der Waals surface area contributed by atoms with Gasteiger partial charge in [0.2, 0.25) is 0 Å². The van der Waals surface area contributed by atoms with Crippen molar-refractivity contribution in [3.05, 3.63) is 75.4 Å². The van der Waals surface area contributed by atoms with E-state index in [9.17, 15) is 4.39 Å². The fourth-order valence-corrected chi connectivity index (χ4v) is 3.88. The van der Waals surface area contributed by atoms with Gasteiger partial charge in [-0.2, -0.15) is 0 Å². The summed E-state index contributed by atoms with van der Waals surface area (Å²) in [5.41, 5.74) is 7.84. The van der Waals surface area contributed by atoms with Crippen molar-refractivity contribution in [2.24, 2.45) is 0 Å². The first-order valence-electron chi connectivity index (χ1n) is 9.94. The molecule has 1 fully saturated rings. The van der Waals surface area contributed by atoms with Crippen LogP contribution in [0.5, 0.6) is 5.75 Å². The highest BCUT2D eigenvalue weighted by molar-refractivity contribution is 6.35. The Morgan fingerprint density at radius 3 is 2.56 bits per heavy atom. The summed E-state index contributed by atoms with van der Waals surface area (Å²) >= 11 is 12.3. The van der Waals surface area contributed by atoms with Crippen LogP contribution in [0.25, 0.3) is 0 Å². The minimum Gasteiger partial charge on any atom is -0.489 e. The highest BCUT2D eigenvalue weighted by Gasteiger charge is 2.18. The molecule has 4 N–H and O–H groups in total. The molecule has 3 heterocycles. The van der Waals surface area contributed by atoms with Gasteiger partial charge in [0.15, 0.2) is 11.6 Å². The molecule has 2 aromatic heterocycles. The maximum Gasteiger partial charge on any atom is 0.166 e. The monoisotopic (exact) mass is 474 g/mol. The third-order valence-electron chi connectivity index (χ3n) is 5.16. The van der Waals surface area contributed by atoms with Crippen LogP contribution >= 0.6 is 23.2 Å². The Labute approximate surface area is 194 Å². The van der Waals surface area contributed by atoms with E-state index in [0.29, 0.717) is 57.1 Å².